The fourth-order valence-electron chi connectivity index (χ4n) is 1.98. The molecule has 0 saturated heterocycles. The highest BCUT2D eigenvalue weighted by molar-refractivity contribution is 6.32. The van der Waals surface area contributed by atoms with Gasteiger partial charge in [-0.1, -0.05) is 29.8 Å². The summed E-state index contributed by atoms with van der Waals surface area (Å²) in [6.45, 7) is 0. The zero-order valence-corrected chi connectivity index (χ0v) is 10.6. The summed E-state index contributed by atoms with van der Waals surface area (Å²) in [5, 5.41) is 3.12. The van der Waals surface area contributed by atoms with Crippen LogP contribution in [0.15, 0.2) is 42.5 Å². The van der Waals surface area contributed by atoms with Gasteiger partial charge in [-0.15, -0.1) is 0 Å². The number of para-hydroxylation sites is 1. The molecule has 5 heteroatoms. The Hall–Kier alpha value is -2.04. The Kier molecular flexibility index (Phi) is 2.89. The molecule has 1 aliphatic heterocycles. The molecule has 0 radical (unpaired) electrons. The van der Waals surface area contributed by atoms with Gasteiger partial charge in [0.15, 0.2) is 0 Å². The minimum atomic E-state index is -0.668. The second kappa shape index (κ2) is 4.57. The van der Waals surface area contributed by atoms with Gasteiger partial charge in [0.1, 0.15) is 17.5 Å². The molecule has 1 aliphatic rings. The molecule has 0 saturated carbocycles. The van der Waals surface area contributed by atoms with Crippen molar-refractivity contribution in [3.05, 3.63) is 53.1 Å². The van der Waals surface area contributed by atoms with Crippen molar-refractivity contribution >= 4 is 23.2 Å². The first-order valence-corrected chi connectivity index (χ1v) is 6.16. The van der Waals surface area contributed by atoms with E-state index in [-0.39, 0.29) is 5.91 Å². The Labute approximate surface area is 115 Å². The molecule has 2 aromatic rings. The quantitative estimate of drug-likeness (QED) is 0.884. The number of nitrogens with two attached hydrogens (primary N) is 1. The van der Waals surface area contributed by atoms with Crippen LogP contribution in [0.2, 0.25) is 5.02 Å². The van der Waals surface area contributed by atoms with Crippen LogP contribution < -0.4 is 15.8 Å². The van der Waals surface area contributed by atoms with Crippen molar-refractivity contribution in [1.29, 1.82) is 0 Å². The maximum atomic E-state index is 11.5. The highest BCUT2D eigenvalue weighted by Gasteiger charge is 2.28. The molecular formula is C14H11ClN2O2. The van der Waals surface area contributed by atoms with E-state index in [1.54, 1.807) is 12.1 Å². The van der Waals surface area contributed by atoms with Gasteiger partial charge in [-0.3, -0.25) is 4.79 Å². The lowest BCUT2D eigenvalue weighted by Gasteiger charge is -2.10. The van der Waals surface area contributed by atoms with E-state index in [2.05, 4.69) is 5.32 Å². The van der Waals surface area contributed by atoms with Crippen molar-refractivity contribution in [2.45, 2.75) is 6.04 Å². The predicted molar refractivity (Wildman–Crippen MR) is 73.5 cm³/mol. The molecule has 1 unspecified atom stereocenters. The van der Waals surface area contributed by atoms with E-state index in [0.717, 1.165) is 0 Å². The lowest BCUT2D eigenvalue weighted by atomic mass is 10.1. The van der Waals surface area contributed by atoms with Crippen molar-refractivity contribution in [2.24, 2.45) is 5.73 Å². The molecule has 0 spiro atoms. The topological polar surface area (TPSA) is 64.4 Å². The molecule has 2 aromatic carbocycles. The molecule has 0 fully saturated rings. The first-order valence-electron chi connectivity index (χ1n) is 5.78. The minimum Gasteiger partial charge on any atom is -0.456 e. The molecule has 0 aliphatic carbocycles. The lowest BCUT2D eigenvalue weighted by Crippen LogP contribution is -2.19. The molecular weight excluding hydrogens is 264 g/mol. The van der Waals surface area contributed by atoms with E-state index in [4.69, 9.17) is 22.1 Å². The number of ether oxygens (including phenoxy) is 1. The number of rotatable bonds is 2. The third kappa shape index (κ3) is 2.16. The molecule has 1 atom stereocenters. The SMILES string of the molecule is NC1C(=O)Nc2cc(Oc3ccccc3)c(Cl)cc21. The number of amides is 1. The summed E-state index contributed by atoms with van der Waals surface area (Å²) < 4.78 is 5.68. The number of benzene rings is 2. The number of fused-ring (bicyclic) bond motifs is 1. The van der Waals surface area contributed by atoms with Crippen LogP contribution in [0, 0.1) is 0 Å². The van der Waals surface area contributed by atoms with Gasteiger partial charge < -0.3 is 15.8 Å². The Balaban J connectivity index is 1.97. The summed E-state index contributed by atoms with van der Waals surface area (Å²) in [5.41, 5.74) is 7.09. The fourth-order valence-corrected chi connectivity index (χ4v) is 2.19. The molecule has 3 rings (SSSR count). The minimum absolute atomic E-state index is 0.233. The first-order chi connectivity index (χ1) is 9.15. The van der Waals surface area contributed by atoms with Crippen LogP contribution >= 0.6 is 11.6 Å². The number of hydrogen-bond acceptors (Lipinski definition) is 3. The van der Waals surface area contributed by atoms with Crippen LogP contribution in [-0.2, 0) is 4.79 Å². The zero-order valence-electron chi connectivity index (χ0n) is 9.89. The van der Waals surface area contributed by atoms with Crippen LogP contribution in [0.5, 0.6) is 11.5 Å². The smallest absolute Gasteiger partial charge is 0.245 e. The van der Waals surface area contributed by atoms with Gasteiger partial charge in [0.2, 0.25) is 5.91 Å². The van der Waals surface area contributed by atoms with Gasteiger partial charge in [0, 0.05) is 17.3 Å². The zero-order chi connectivity index (χ0) is 13.4. The van der Waals surface area contributed by atoms with Crippen LogP contribution in [0.1, 0.15) is 11.6 Å². The second-order valence-corrected chi connectivity index (χ2v) is 4.66. The van der Waals surface area contributed by atoms with Crippen molar-refractivity contribution in [3.8, 4) is 11.5 Å². The van der Waals surface area contributed by atoms with Gasteiger partial charge in [-0.05, 0) is 18.2 Å². The standard InChI is InChI=1S/C14H11ClN2O2/c15-10-6-9-11(17-14(18)13(9)16)7-12(10)19-8-4-2-1-3-5-8/h1-7,13H,16H2,(H,17,18). The molecule has 3 N–H and O–H groups in total. The molecule has 96 valence electrons. The Morgan fingerprint density at radius 2 is 1.95 bits per heavy atom. The van der Waals surface area contributed by atoms with E-state index in [1.807, 2.05) is 30.3 Å². The number of carbonyl (C=O) groups excluding carboxylic acids is 1. The van der Waals surface area contributed by atoms with E-state index >= 15 is 0 Å². The van der Waals surface area contributed by atoms with Crippen molar-refractivity contribution in [2.75, 3.05) is 5.32 Å². The molecule has 1 amide bonds. The van der Waals surface area contributed by atoms with Crippen molar-refractivity contribution in [3.63, 3.8) is 0 Å². The van der Waals surface area contributed by atoms with Gasteiger partial charge in [-0.25, -0.2) is 0 Å². The first kappa shape index (κ1) is 12.0. The van der Waals surface area contributed by atoms with Gasteiger partial charge in [0.05, 0.1) is 5.02 Å². The van der Waals surface area contributed by atoms with E-state index in [1.165, 1.54) is 0 Å². The normalized spacial score (nSPS) is 16.9. The number of nitrogens with one attached hydrogen (secondary N) is 1. The second-order valence-electron chi connectivity index (χ2n) is 4.25. The maximum absolute atomic E-state index is 11.5. The fraction of sp³-hybridized carbons (Fsp3) is 0.0714. The highest BCUT2D eigenvalue weighted by Crippen LogP contribution is 2.39. The summed E-state index contributed by atoms with van der Waals surface area (Å²) in [6, 6.07) is 12.0. The number of hydrogen-bond donors (Lipinski definition) is 2. The molecule has 4 nitrogen and oxygen atoms in total. The van der Waals surface area contributed by atoms with Crippen LogP contribution in [0.25, 0.3) is 0 Å². The number of carbonyl (C=O) groups is 1. The average Bonchev–Trinajstić information content (AvgIpc) is 2.67. The molecule has 19 heavy (non-hydrogen) atoms. The Morgan fingerprint density at radius 3 is 2.68 bits per heavy atom. The van der Waals surface area contributed by atoms with E-state index < -0.39 is 6.04 Å². The number of anilines is 1. The summed E-state index contributed by atoms with van der Waals surface area (Å²) in [7, 11) is 0. The van der Waals surface area contributed by atoms with Crippen molar-refractivity contribution < 1.29 is 9.53 Å². The van der Waals surface area contributed by atoms with Gasteiger partial charge in [0.25, 0.3) is 0 Å². The van der Waals surface area contributed by atoms with Crippen molar-refractivity contribution in [1.82, 2.24) is 0 Å². The van der Waals surface area contributed by atoms with Gasteiger partial charge in [-0.2, -0.15) is 0 Å². The monoisotopic (exact) mass is 274 g/mol. The molecule has 0 bridgehead atoms. The van der Waals surface area contributed by atoms with Crippen LogP contribution in [0.3, 0.4) is 0 Å². The summed E-state index contributed by atoms with van der Waals surface area (Å²) in [5.74, 6) is 0.932. The Morgan fingerprint density at radius 1 is 1.21 bits per heavy atom. The van der Waals surface area contributed by atoms with E-state index in [9.17, 15) is 4.79 Å². The average molecular weight is 275 g/mol. The highest BCUT2D eigenvalue weighted by atomic mass is 35.5. The largest absolute Gasteiger partial charge is 0.456 e. The van der Waals surface area contributed by atoms with Gasteiger partial charge >= 0.3 is 0 Å². The maximum Gasteiger partial charge on any atom is 0.245 e. The van der Waals surface area contributed by atoms with E-state index in [0.29, 0.717) is 27.8 Å². The lowest BCUT2D eigenvalue weighted by molar-refractivity contribution is -0.116. The third-order valence-corrected chi connectivity index (χ3v) is 3.25. The summed E-state index contributed by atoms with van der Waals surface area (Å²) >= 11 is 6.15. The van der Waals surface area contributed by atoms with Crippen LogP contribution in [0.4, 0.5) is 5.69 Å². The summed E-state index contributed by atoms with van der Waals surface area (Å²) in [6.07, 6.45) is 0. The van der Waals surface area contributed by atoms with Crippen LogP contribution in [-0.4, -0.2) is 5.91 Å². The molecule has 1 heterocycles. The third-order valence-electron chi connectivity index (χ3n) is 2.95. The predicted octanol–water partition coefficient (Wildman–Crippen LogP) is 3.08. The Bertz CT molecular complexity index is 643. The summed E-state index contributed by atoms with van der Waals surface area (Å²) in [4.78, 5) is 11.5. The molecule has 0 aromatic heterocycles. The number of halogens is 1.